The number of anilines is 1. The van der Waals surface area contributed by atoms with Crippen molar-refractivity contribution in [3.05, 3.63) is 93.5 Å². The second-order valence-electron chi connectivity index (χ2n) is 8.12. The molecular weight excluding hydrogens is 479 g/mol. The molecule has 0 radical (unpaired) electrons. The highest BCUT2D eigenvalue weighted by Gasteiger charge is 2.28. The second-order valence-corrected chi connectivity index (χ2v) is 10.9. The highest BCUT2D eigenvalue weighted by atomic mass is 35.5. The van der Waals surface area contributed by atoms with Gasteiger partial charge in [0.1, 0.15) is 6.54 Å². The summed E-state index contributed by atoms with van der Waals surface area (Å²) in [7, 11) is -4.04. The van der Waals surface area contributed by atoms with Gasteiger partial charge in [-0.25, -0.2) is 8.42 Å². The van der Waals surface area contributed by atoms with Gasteiger partial charge in [-0.3, -0.25) is 9.10 Å². The number of halogens is 2. The number of hydrogen-bond donors (Lipinski definition) is 1. The van der Waals surface area contributed by atoms with Crippen LogP contribution in [0.4, 0.5) is 5.69 Å². The highest BCUT2D eigenvalue weighted by Crippen LogP contribution is 2.30. The number of nitrogens with one attached hydrogen (secondary N) is 1. The first-order valence-electron chi connectivity index (χ1n) is 10.7. The monoisotopic (exact) mass is 502 g/mol. The molecule has 3 aromatic carbocycles. The molecule has 0 unspecified atom stereocenters. The summed E-state index contributed by atoms with van der Waals surface area (Å²) in [6.45, 7) is 1.48. The Morgan fingerprint density at radius 3 is 2.33 bits per heavy atom. The van der Waals surface area contributed by atoms with Crippen molar-refractivity contribution in [2.45, 2.75) is 37.1 Å². The molecule has 172 valence electrons. The Kier molecular flexibility index (Phi) is 6.98. The predicted octanol–water partition coefficient (Wildman–Crippen LogP) is 5.55. The summed E-state index contributed by atoms with van der Waals surface area (Å²) >= 11 is 12.3. The largest absolute Gasteiger partial charge is 0.348 e. The Hall–Kier alpha value is -2.54. The number of carbonyl (C=O) groups excluding carboxylic acids is 1. The topological polar surface area (TPSA) is 66.5 Å². The van der Waals surface area contributed by atoms with Crippen LogP contribution in [0, 0.1) is 0 Å². The molecule has 0 spiro atoms. The minimum Gasteiger partial charge on any atom is -0.348 e. The number of amides is 1. The van der Waals surface area contributed by atoms with Gasteiger partial charge < -0.3 is 5.32 Å². The molecular formula is C25H24Cl2N2O3S. The van der Waals surface area contributed by atoms with Crippen LogP contribution in [-0.4, -0.2) is 20.9 Å². The number of rotatable bonds is 7. The van der Waals surface area contributed by atoms with Crippen molar-refractivity contribution in [1.29, 1.82) is 0 Å². The van der Waals surface area contributed by atoms with Crippen LogP contribution in [-0.2, 0) is 27.7 Å². The third kappa shape index (κ3) is 5.35. The van der Waals surface area contributed by atoms with Crippen LogP contribution in [0.15, 0.2) is 71.6 Å². The summed E-state index contributed by atoms with van der Waals surface area (Å²) < 4.78 is 27.9. The molecule has 0 saturated heterocycles. The van der Waals surface area contributed by atoms with Crippen molar-refractivity contribution in [3.8, 4) is 0 Å². The standard InChI is InChI=1S/C25H24Cl2N2O3S/c1-17(19-11-10-18-6-5-7-20(18)12-19)28-25(30)16-29(23-14-21(26)13-22(27)15-23)33(31,32)24-8-3-2-4-9-24/h2-4,8-15,17H,5-7,16H2,1H3,(H,28,30)/t17-/m0/s1. The van der Waals surface area contributed by atoms with E-state index in [0.29, 0.717) is 0 Å². The van der Waals surface area contributed by atoms with Gasteiger partial charge >= 0.3 is 0 Å². The lowest BCUT2D eigenvalue weighted by molar-refractivity contribution is -0.120. The lowest BCUT2D eigenvalue weighted by Gasteiger charge is -2.25. The van der Waals surface area contributed by atoms with E-state index in [1.807, 2.05) is 13.0 Å². The van der Waals surface area contributed by atoms with Crippen molar-refractivity contribution < 1.29 is 13.2 Å². The summed E-state index contributed by atoms with van der Waals surface area (Å²) in [5.74, 6) is -0.432. The SMILES string of the molecule is C[C@H](NC(=O)CN(c1cc(Cl)cc(Cl)c1)S(=O)(=O)c1ccccc1)c1ccc2c(c1)CCC2. The maximum Gasteiger partial charge on any atom is 0.264 e. The lowest BCUT2D eigenvalue weighted by Crippen LogP contribution is -2.41. The average molecular weight is 503 g/mol. The van der Waals surface area contributed by atoms with Gasteiger partial charge in [0.05, 0.1) is 16.6 Å². The predicted molar refractivity (Wildman–Crippen MR) is 132 cm³/mol. The Labute approximate surface area is 204 Å². The molecule has 33 heavy (non-hydrogen) atoms. The zero-order valence-electron chi connectivity index (χ0n) is 18.1. The zero-order chi connectivity index (χ0) is 23.6. The van der Waals surface area contributed by atoms with Gasteiger partial charge in [-0.05, 0) is 73.2 Å². The number of hydrogen-bond acceptors (Lipinski definition) is 3. The van der Waals surface area contributed by atoms with E-state index >= 15 is 0 Å². The van der Waals surface area contributed by atoms with Gasteiger partial charge in [0.15, 0.2) is 0 Å². The van der Waals surface area contributed by atoms with Crippen LogP contribution in [0.2, 0.25) is 10.0 Å². The van der Waals surface area contributed by atoms with E-state index in [1.54, 1.807) is 18.2 Å². The fraction of sp³-hybridized carbons (Fsp3) is 0.240. The molecule has 1 atom stereocenters. The molecule has 0 bridgehead atoms. The fourth-order valence-corrected chi connectivity index (χ4v) is 6.02. The smallest absolute Gasteiger partial charge is 0.264 e. The number of fused-ring (bicyclic) bond motifs is 1. The minimum absolute atomic E-state index is 0.0700. The third-order valence-electron chi connectivity index (χ3n) is 5.75. The molecule has 0 fully saturated rings. The van der Waals surface area contributed by atoms with Crippen molar-refractivity contribution in [1.82, 2.24) is 5.32 Å². The number of sulfonamides is 1. The lowest BCUT2D eigenvalue weighted by atomic mass is 10.0. The molecule has 8 heteroatoms. The third-order valence-corrected chi connectivity index (χ3v) is 7.98. The Morgan fingerprint density at radius 1 is 0.970 bits per heavy atom. The van der Waals surface area contributed by atoms with E-state index in [-0.39, 0.29) is 26.7 Å². The van der Waals surface area contributed by atoms with Crippen LogP contribution in [0.1, 0.15) is 36.1 Å². The fourth-order valence-electron chi connectivity index (χ4n) is 4.08. The summed E-state index contributed by atoms with van der Waals surface area (Å²) in [5.41, 5.74) is 3.88. The summed E-state index contributed by atoms with van der Waals surface area (Å²) in [6, 6.07) is 18.4. The number of aryl methyl sites for hydroxylation is 2. The Balaban J connectivity index is 1.60. The molecule has 0 aromatic heterocycles. The van der Waals surface area contributed by atoms with E-state index in [1.165, 1.54) is 41.5 Å². The maximum atomic E-state index is 13.4. The molecule has 1 amide bonds. The first kappa shape index (κ1) is 23.6. The molecule has 1 N–H and O–H groups in total. The molecule has 4 rings (SSSR count). The molecule has 0 aliphatic heterocycles. The summed E-state index contributed by atoms with van der Waals surface area (Å²) in [6.07, 6.45) is 3.28. The molecule has 0 saturated carbocycles. The van der Waals surface area contributed by atoms with E-state index in [2.05, 4.69) is 17.4 Å². The van der Waals surface area contributed by atoms with Crippen LogP contribution in [0.5, 0.6) is 0 Å². The second kappa shape index (κ2) is 9.75. The van der Waals surface area contributed by atoms with E-state index in [4.69, 9.17) is 23.2 Å². The van der Waals surface area contributed by atoms with Crippen LogP contribution >= 0.6 is 23.2 Å². The van der Waals surface area contributed by atoms with Crippen LogP contribution in [0.25, 0.3) is 0 Å². The Bertz CT molecular complexity index is 1260. The first-order valence-corrected chi connectivity index (χ1v) is 12.9. The minimum atomic E-state index is -4.04. The summed E-state index contributed by atoms with van der Waals surface area (Å²) in [5, 5.41) is 3.48. The van der Waals surface area contributed by atoms with E-state index < -0.39 is 22.5 Å². The van der Waals surface area contributed by atoms with E-state index in [9.17, 15) is 13.2 Å². The molecule has 1 aliphatic rings. The molecule has 0 heterocycles. The van der Waals surface area contributed by atoms with Gasteiger partial charge in [0.2, 0.25) is 5.91 Å². The van der Waals surface area contributed by atoms with Crippen molar-refractivity contribution in [2.24, 2.45) is 0 Å². The maximum absolute atomic E-state index is 13.4. The first-order chi connectivity index (χ1) is 15.7. The summed E-state index contributed by atoms with van der Waals surface area (Å²) in [4.78, 5) is 13.1. The van der Waals surface area contributed by atoms with Gasteiger partial charge in [0.25, 0.3) is 10.0 Å². The number of benzene rings is 3. The Morgan fingerprint density at radius 2 is 1.64 bits per heavy atom. The molecule has 3 aromatic rings. The van der Waals surface area contributed by atoms with Gasteiger partial charge in [0, 0.05) is 10.0 Å². The van der Waals surface area contributed by atoms with Gasteiger partial charge in [-0.2, -0.15) is 0 Å². The van der Waals surface area contributed by atoms with Gasteiger partial charge in [-0.1, -0.05) is 59.6 Å². The van der Waals surface area contributed by atoms with Gasteiger partial charge in [-0.15, -0.1) is 0 Å². The zero-order valence-corrected chi connectivity index (χ0v) is 20.4. The van der Waals surface area contributed by atoms with Crippen LogP contribution in [0.3, 0.4) is 0 Å². The highest BCUT2D eigenvalue weighted by molar-refractivity contribution is 7.92. The van der Waals surface area contributed by atoms with Crippen molar-refractivity contribution >= 4 is 44.8 Å². The van der Waals surface area contributed by atoms with Crippen LogP contribution < -0.4 is 9.62 Å². The van der Waals surface area contributed by atoms with Crippen molar-refractivity contribution in [3.63, 3.8) is 0 Å². The van der Waals surface area contributed by atoms with E-state index in [0.717, 1.165) is 29.1 Å². The average Bonchev–Trinajstić information content (AvgIpc) is 3.25. The van der Waals surface area contributed by atoms with Crippen molar-refractivity contribution in [2.75, 3.05) is 10.8 Å². The quantitative estimate of drug-likeness (QED) is 0.460. The normalized spacial score (nSPS) is 13.9. The molecule has 1 aliphatic carbocycles. The molecule has 5 nitrogen and oxygen atoms in total. The number of nitrogens with zero attached hydrogens (tertiary/aromatic N) is 1. The number of carbonyl (C=O) groups is 1.